The van der Waals surface area contributed by atoms with Crippen LogP contribution in [-0.2, 0) is 13.0 Å². The molecular weight excluding hydrogens is 440 g/mol. The highest BCUT2D eigenvalue weighted by Gasteiger charge is 2.22. The summed E-state index contributed by atoms with van der Waals surface area (Å²) in [4.78, 5) is 24.6. The van der Waals surface area contributed by atoms with Crippen LogP contribution in [0.2, 0.25) is 0 Å². The number of rotatable bonds is 8. The highest BCUT2D eigenvalue weighted by molar-refractivity contribution is 7.22. The topological polar surface area (TPSA) is 51.0 Å². The van der Waals surface area contributed by atoms with Gasteiger partial charge in [-0.25, -0.2) is 9.97 Å². The molecule has 5 rings (SSSR count). The van der Waals surface area contributed by atoms with E-state index in [0.29, 0.717) is 12.1 Å². The minimum absolute atomic E-state index is 0.0256. The van der Waals surface area contributed by atoms with Gasteiger partial charge in [-0.05, 0) is 47.7 Å². The van der Waals surface area contributed by atoms with E-state index in [9.17, 15) is 4.79 Å². The Morgan fingerprint density at radius 2 is 1.76 bits per heavy atom. The zero-order valence-corrected chi connectivity index (χ0v) is 19.9. The Morgan fingerprint density at radius 3 is 2.50 bits per heavy atom. The summed E-state index contributed by atoms with van der Waals surface area (Å²) >= 11 is 1.58. The molecule has 2 heterocycles. The molecule has 0 aliphatic rings. The number of fused-ring (bicyclic) bond motifs is 1. The summed E-state index contributed by atoms with van der Waals surface area (Å²) in [7, 11) is 0. The average molecular weight is 467 g/mol. The highest BCUT2D eigenvalue weighted by Crippen LogP contribution is 2.32. The predicted molar refractivity (Wildman–Crippen MR) is 139 cm³/mol. The summed E-state index contributed by atoms with van der Waals surface area (Å²) in [6.07, 6.45) is 7.24. The molecule has 0 aliphatic carbocycles. The molecule has 0 atom stereocenters. The van der Waals surface area contributed by atoms with Crippen molar-refractivity contribution in [1.82, 2.24) is 14.5 Å². The Bertz CT molecular complexity index is 1380. The number of para-hydroxylation sites is 1. The molecule has 0 fully saturated rings. The molecule has 170 valence electrons. The van der Waals surface area contributed by atoms with Crippen molar-refractivity contribution in [1.29, 1.82) is 0 Å². The molecular formula is C28H26N4OS. The van der Waals surface area contributed by atoms with E-state index < -0.39 is 0 Å². The molecule has 0 saturated heterocycles. The van der Waals surface area contributed by atoms with Crippen molar-refractivity contribution >= 4 is 32.6 Å². The maximum atomic E-state index is 13.7. The molecule has 34 heavy (non-hydrogen) atoms. The number of hydrogen-bond acceptors (Lipinski definition) is 4. The largest absolute Gasteiger partial charge is 0.337 e. The van der Waals surface area contributed by atoms with Gasteiger partial charge in [0.05, 0.1) is 16.5 Å². The smallest absolute Gasteiger partial charge is 0.260 e. The van der Waals surface area contributed by atoms with Crippen LogP contribution in [0.4, 0.5) is 5.13 Å². The summed E-state index contributed by atoms with van der Waals surface area (Å²) in [5.41, 5.74) is 5.10. The number of nitrogens with zero attached hydrogens (tertiary/aromatic N) is 4. The van der Waals surface area contributed by atoms with Gasteiger partial charge in [-0.2, -0.15) is 0 Å². The van der Waals surface area contributed by atoms with Crippen LogP contribution in [0.5, 0.6) is 0 Å². The first kappa shape index (κ1) is 22.0. The van der Waals surface area contributed by atoms with Gasteiger partial charge in [0.2, 0.25) is 0 Å². The van der Waals surface area contributed by atoms with Gasteiger partial charge in [0, 0.05) is 31.0 Å². The maximum Gasteiger partial charge on any atom is 0.260 e. The number of hydrogen-bond donors (Lipinski definition) is 0. The molecule has 0 bridgehead atoms. The molecule has 0 saturated carbocycles. The number of anilines is 1. The van der Waals surface area contributed by atoms with E-state index in [2.05, 4.69) is 42.2 Å². The quantitative estimate of drug-likeness (QED) is 0.264. The van der Waals surface area contributed by atoms with E-state index in [1.54, 1.807) is 23.9 Å². The summed E-state index contributed by atoms with van der Waals surface area (Å²) in [6.45, 7) is 3.51. The zero-order chi connectivity index (χ0) is 23.3. The third kappa shape index (κ3) is 4.63. The van der Waals surface area contributed by atoms with Gasteiger partial charge < -0.3 is 4.57 Å². The lowest BCUT2D eigenvalue weighted by molar-refractivity contribution is 0.0986. The number of benzene rings is 3. The number of thiazole rings is 1. The number of carbonyl (C=O) groups is 1. The van der Waals surface area contributed by atoms with Crippen LogP contribution < -0.4 is 4.90 Å². The Morgan fingerprint density at radius 1 is 0.971 bits per heavy atom. The van der Waals surface area contributed by atoms with Crippen molar-refractivity contribution in [2.45, 2.75) is 26.3 Å². The number of amides is 1. The van der Waals surface area contributed by atoms with Gasteiger partial charge in [0.25, 0.3) is 5.91 Å². The van der Waals surface area contributed by atoms with E-state index in [1.807, 2.05) is 58.1 Å². The summed E-state index contributed by atoms with van der Waals surface area (Å²) in [6, 6.07) is 24.3. The molecule has 0 N–H and O–H groups in total. The number of aryl methyl sites for hydroxylation is 2. The molecule has 0 spiro atoms. The molecule has 3 aromatic carbocycles. The molecule has 5 aromatic rings. The predicted octanol–water partition coefficient (Wildman–Crippen LogP) is 6.46. The average Bonchev–Trinajstić information content (AvgIpc) is 3.57. The van der Waals surface area contributed by atoms with Crippen LogP contribution in [0.25, 0.3) is 21.3 Å². The molecule has 0 radical (unpaired) electrons. The van der Waals surface area contributed by atoms with E-state index in [-0.39, 0.29) is 5.91 Å². The molecule has 6 heteroatoms. The zero-order valence-electron chi connectivity index (χ0n) is 19.1. The fourth-order valence-corrected chi connectivity index (χ4v) is 5.14. The van der Waals surface area contributed by atoms with Crippen LogP contribution in [-0.4, -0.2) is 27.0 Å². The van der Waals surface area contributed by atoms with E-state index >= 15 is 0 Å². The molecule has 1 amide bonds. The van der Waals surface area contributed by atoms with Crippen molar-refractivity contribution < 1.29 is 4.79 Å². The molecule has 0 aliphatic heterocycles. The first-order valence-corrected chi connectivity index (χ1v) is 12.4. The minimum atomic E-state index is -0.0256. The van der Waals surface area contributed by atoms with Gasteiger partial charge in [0.15, 0.2) is 5.13 Å². The Kier molecular flexibility index (Phi) is 6.49. The van der Waals surface area contributed by atoms with Crippen molar-refractivity contribution in [3.8, 4) is 11.1 Å². The SMILES string of the molecule is CCc1cccc2sc(N(CCCn3ccnc3)C(=O)c3ccc(-c4ccccc4)cc3)nc12. The van der Waals surface area contributed by atoms with E-state index in [0.717, 1.165) is 45.9 Å². The van der Waals surface area contributed by atoms with Crippen LogP contribution in [0.15, 0.2) is 91.5 Å². The van der Waals surface area contributed by atoms with Crippen LogP contribution >= 0.6 is 11.3 Å². The van der Waals surface area contributed by atoms with Crippen LogP contribution in [0.3, 0.4) is 0 Å². The van der Waals surface area contributed by atoms with Crippen molar-refractivity contribution in [3.63, 3.8) is 0 Å². The van der Waals surface area contributed by atoms with E-state index in [1.165, 1.54) is 5.56 Å². The fraction of sp³-hybridized carbons (Fsp3) is 0.179. The van der Waals surface area contributed by atoms with Crippen molar-refractivity contribution in [2.24, 2.45) is 0 Å². The van der Waals surface area contributed by atoms with Crippen molar-refractivity contribution in [2.75, 3.05) is 11.4 Å². The van der Waals surface area contributed by atoms with Crippen LogP contribution in [0, 0.1) is 0 Å². The first-order valence-electron chi connectivity index (χ1n) is 11.5. The van der Waals surface area contributed by atoms with E-state index in [4.69, 9.17) is 4.98 Å². The van der Waals surface area contributed by atoms with Gasteiger partial charge in [-0.3, -0.25) is 9.69 Å². The number of carbonyl (C=O) groups excluding carboxylic acids is 1. The molecule has 0 unspecified atom stereocenters. The Hall–Kier alpha value is -3.77. The third-order valence-electron chi connectivity index (χ3n) is 5.94. The second-order valence-electron chi connectivity index (χ2n) is 8.17. The number of imidazole rings is 1. The second-order valence-corrected chi connectivity index (χ2v) is 9.18. The lowest BCUT2D eigenvalue weighted by Gasteiger charge is -2.20. The maximum absolute atomic E-state index is 13.7. The second kappa shape index (κ2) is 10.0. The lowest BCUT2D eigenvalue weighted by atomic mass is 10.0. The minimum Gasteiger partial charge on any atom is -0.337 e. The standard InChI is InChI=1S/C28H26N4OS/c1-2-21-10-6-11-25-26(21)30-28(34-25)32(18-7-17-31-19-16-29-20-31)27(33)24-14-12-23(13-15-24)22-8-4-3-5-9-22/h3-6,8-16,19-20H,2,7,17-18H2,1H3. The highest BCUT2D eigenvalue weighted by atomic mass is 32.1. The van der Waals surface area contributed by atoms with Gasteiger partial charge >= 0.3 is 0 Å². The summed E-state index contributed by atoms with van der Waals surface area (Å²) in [5, 5.41) is 0.749. The van der Waals surface area contributed by atoms with Gasteiger partial charge in [-0.15, -0.1) is 0 Å². The first-order chi connectivity index (χ1) is 16.7. The monoisotopic (exact) mass is 466 g/mol. The summed E-state index contributed by atoms with van der Waals surface area (Å²) in [5.74, 6) is -0.0256. The van der Waals surface area contributed by atoms with Gasteiger partial charge in [-0.1, -0.05) is 72.9 Å². The van der Waals surface area contributed by atoms with Gasteiger partial charge in [0.1, 0.15) is 0 Å². The molecule has 5 nitrogen and oxygen atoms in total. The fourth-order valence-electron chi connectivity index (χ4n) is 4.10. The Labute approximate surface area is 203 Å². The third-order valence-corrected chi connectivity index (χ3v) is 6.99. The molecule has 2 aromatic heterocycles. The lowest BCUT2D eigenvalue weighted by Crippen LogP contribution is -2.32. The normalized spacial score (nSPS) is 11.1. The van der Waals surface area contributed by atoms with Crippen molar-refractivity contribution in [3.05, 3.63) is 103 Å². The van der Waals surface area contributed by atoms with Crippen LogP contribution in [0.1, 0.15) is 29.3 Å². The number of aromatic nitrogens is 3. The Balaban J connectivity index is 1.44. The summed E-state index contributed by atoms with van der Waals surface area (Å²) < 4.78 is 3.14.